The van der Waals surface area contributed by atoms with Crippen molar-refractivity contribution in [3.8, 4) is 0 Å². The molecule has 0 fully saturated rings. The van der Waals surface area contributed by atoms with E-state index in [0.717, 1.165) is 12.8 Å². The molecular weight excluding hydrogens is 154 g/mol. The zero-order valence-electron chi connectivity index (χ0n) is 8.44. The van der Waals surface area contributed by atoms with Gasteiger partial charge in [0.15, 0.2) is 0 Å². The predicted octanol–water partition coefficient (Wildman–Crippen LogP) is 2.31. The summed E-state index contributed by atoms with van der Waals surface area (Å²) in [5, 5.41) is 2.80. The lowest BCUT2D eigenvalue weighted by molar-refractivity contribution is 0.140. The monoisotopic (exact) mass is 173 g/mol. The van der Waals surface area contributed by atoms with Crippen LogP contribution in [0.4, 0.5) is 4.79 Å². The molecule has 0 aliphatic carbocycles. The van der Waals surface area contributed by atoms with Crippen LogP contribution in [0.3, 0.4) is 0 Å². The summed E-state index contributed by atoms with van der Waals surface area (Å²) < 4.78 is 4.77. The summed E-state index contributed by atoms with van der Waals surface area (Å²) in [5.74, 6) is 0. The average Bonchev–Trinajstić information content (AvgIpc) is 1.85. The summed E-state index contributed by atoms with van der Waals surface area (Å²) in [7, 11) is 0. The lowest BCUT2D eigenvalue weighted by atomic mass is 9.99. The van der Waals surface area contributed by atoms with Crippen molar-refractivity contribution in [3.05, 3.63) is 0 Å². The Balaban J connectivity index is 3.79. The smallest absolute Gasteiger partial charge is 0.407 e. The number of hydrogen-bond acceptors (Lipinski definition) is 2. The van der Waals surface area contributed by atoms with Crippen molar-refractivity contribution < 1.29 is 9.53 Å². The van der Waals surface area contributed by atoms with Gasteiger partial charge in [0.2, 0.25) is 0 Å². The number of ether oxygens (including phenoxy) is 1. The van der Waals surface area contributed by atoms with Gasteiger partial charge in [-0.05, 0) is 27.2 Å². The zero-order chi connectivity index (χ0) is 9.61. The molecular formula is C9H19NO2. The Bertz CT molecular complexity index is 143. The second-order valence-electron chi connectivity index (χ2n) is 3.48. The number of carbonyl (C=O) groups is 1. The van der Waals surface area contributed by atoms with Crippen LogP contribution >= 0.6 is 0 Å². The van der Waals surface area contributed by atoms with Gasteiger partial charge in [-0.2, -0.15) is 0 Å². The predicted molar refractivity (Wildman–Crippen MR) is 49.1 cm³/mol. The molecule has 1 N–H and O–H groups in total. The van der Waals surface area contributed by atoms with Gasteiger partial charge < -0.3 is 10.1 Å². The molecule has 0 spiro atoms. The molecule has 0 aromatic rings. The minimum atomic E-state index is -0.323. The van der Waals surface area contributed by atoms with E-state index >= 15 is 0 Å². The van der Waals surface area contributed by atoms with Crippen molar-refractivity contribution in [2.24, 2.45) is 0 Å². The third kappa shape index (κ3) is 4.99. The minimum Gasteiger partial charge on any atom is -0.450 e. The van der Waals surface area contributed by atoms with Gasteiger partial charge in [-0.1, -0.05) is 13.3 Å². The Morgan fingerprint density at radius 3 is 2.42 bits per heavy atom. The Morgan fingerprint density at radius 1 is 1.42 bits per heavy atom. The highest BCUT2D eigenvalue weighted by Crippen LogP contribution is 2.10. The van der Waals surface area contributed by atoms with Crippen molar-refractivity contribution in [1.82, 2.24) is 5.32 Å². The van der Waals surface area contributed by atoms with Crippen molar-refractivity contribution in [2.75, 3.05) is 6.61 Å². The number of carbonyl (C=O) groups excluding carboxylic acids is 1. The van der Waals surface area contributed by atoms with Gasteiger partial charge in [0.1, 0.15) is 0 Å². The second kappa shape index (κ2) is 5.01. The summed E-state index contributed by atoms with van der Waals surface area (Å²) in [4.78, 5) is 11.0. The quantitative estimate of drug-likeness (QED) is 0.708. The molecule has 72 valence electrons. The van der Waals surface area contributed by atoms with Gasteiger partial charge in [0.05, 0.1) is 6.61 Å². The first kappa shape index (κ1) is 11.3. The maximum Gasteiger partial charge on any atom is 0.407 e. The first-order valence-corrected chi connectivity index (χ1v) is 4.46. The van der Waals surface area contributed by atoms with Gasteiger partial charge in [0.25, 0.3) is 0 Å². The fraction of sp³-hybridized carbons (Fsp3) is 0.889. The standard InChI is InChI=1S/C9H19NO2/c1-5-7-9(3,4)10-8(11)12-6-2/h5-7H2,1-4H3,(H,10,11). The van der Waals surface area contributed by atoms with Gasteiger partial charge in [-0.15, -0.1) is 0 Å². The zero-order valence-corrected chi connectivity index (χ0v) is 8.44. The van der Waals surface area contributed by atoms with Crippen LogP contribution in [0.2, 0.25) is 0 Å². The Kier molecular flexibility index (Phi) is 4.71. The number of hydrogen-bond donors (Lipinski definition) is 1. The third-order valence-electron chi connectivity index (χ3n) is 1.59. The fourth-order valence-electron chi connectivity index (χ4n) is 1.13. The molecule has 0 atom stereocenters. The summed E-state index contributed by atoms with van der Waals surface area (Å²) in [5.41, 5.74) is -0.152. The lowest BCUT2D eigenvalue weighted by Crippen LogP contribution is -2.43. The molecule has 0 aliphatic heterocycles. The largest absolute Gasteiger partial charge is 0.450 e. The second-order valence-corrected chi connectivity index (χ2v) is 3.48. The molecule has 3 nitrogen and oxygen atoms in total. The number of rotatable bonds is 4. The van der Waals surface area contributed by atoms with Crippen LogP contribution in [0.25, 0.3) is 0 Å². The molecule has 3 heteroatoms. The molecule has 0 aliphatic rings. The molecule has 0 saturated carbocycles. The van der Waals surface area contributed by atoms with Crippen LogP contribution in [0.1, 0.15) is 40.5 Å². The van der Waals surface area contributed by atoms with E-state index in [1.165, 1.54) is 0 Å². The number of amides is 1. The fourth-order valence-corrected chi connectivity index (χ4v) is 1.13. The van der Waals surface area contributed by atoms with E-state index < -0.39 is 0 Å². The Morgan fingerprint density at radius 2 is 2.00 bits per heavy atom. The molecule has 0 unspecified atom stereocenters. The highest BCUT2D eigenvalue weighted by atomic mass is 16.5. The molecule has 12 heavy (non-hydrogen) atoms. The molecule has 0 radical (unpaired) electrons. The summed E-state index contributed by atoms with van der Waals surface area (Å²) in [6.45, 7) is 8.30. The van der Waals surface area contributed by atoms with Crippen LogP contribution in [0, 0.1) is 0 Å². The first-order chi connectivity index (χ1) is 5.52. The van der Waals surface area contributed by atoms with E-state index in [9.17, 15) is 4.79 Å². The molecule has 1 amide bonds. The first-order valence-electron chi connectivity index (χ1n) is 4.46. The van der Waals surface area contributed by atoms with Crippen LogP contribution in [-0.4, -0.2) is 18.2 Å². The molecule has 0 aromatic heterocycles. The Hall–Kier alpha value is -0.730. The minimum absolute atomic E-state index is 0.152. The van der Waals surface area contributed by atoms with Crippen LogP contribution in [0.15, 0.2) is 0 Å². The topological polar surface area (TPSA) is 38.3 Å². The van der Waals surface area contributed by atoms with Gasteiger partial charge in [-0.25, -0.2) is 4.79 Å². The third-order valence-corrected chi connectivity index (χ3v) is 1.59. The van der Waals surface area contributed by atoms with Crippen molar-refractivity contribution in [1.29, 1.82) is 0 Å². The van der Waals surface area contributed by atoms with Crippen molar-refractivity contribution in [2.45, 2.75) is 46.1 Å². The summed E-state index contributed by atoms with van der Waals surface area (Å²) >= 11 is 0. The van der Waals surface area contributed by atoms with Crippen LogP contribution in [-0.2, 0) is 4.74 Å². The average molecular weight is 173 g/mol. The lowest BCUT2D eigenvalue weighted by Gasteiger charge is -2.24. The highest BCUT2D eigenvalue weighted by Gasteiger charge is 2.19. The Labute approximate surface area is 74.5 Å². The summed E-state index contributed by atoms with van der Waals surface area (Å²) in [6, 6.07) is 0. The van der Waals surface area contributed by atoms with E-state index in [1.807, 2.05) is 13.8 Å². The van der Waals surface area contributed by atoms with E-state index in [1.54, 1.807) is 6.92 Å². The maximum atomic E-state index is 11.0. The van der Waals surface area contributed by atoms with E-state index in [0.29, 0.717) is 6.61 Å². The van der Waals surface area contributed by atoms with Crippen LogP contribution in [0.5, 0.6) is 0 Å². The van der Waals surface area contributed by atoms with E-state index in [4.69, 9.17) is 4.74 Å². The van der Waals surface area contributed by atoms with Gasteiger partial charge in [-0.3, -0.25) is 0 Å². The van der Waals surface area contributed by atoms with E-state index in [-0.39, 0.29) is 11.6 Å². The number of nitrogens with one attached hydrogen (secondary N) is 1. The maximum absolute atomic E-state index is 11.0. The SMILES string of the molecule is CCCC(C)(C)NC(=O)OCC. The van der Waals surface area contributed by atoms with Gasteiger partial charge in [0, 0.05) is 5.54 Å². The summed E-state index contributed by atoms with van der Waals surface area (Å²) in [6.07, 6.45) is 1.70. The van der Waals surface area contributed by atoms with Gasteiger partial charge >= 0.3 is 6.09 Å². The molecule has 0 saturated heterocycles. The molecule has 0 bridgehead atoms. The molecule has 0 rings (SSSR count). The number of alkyl carbamates (subject to hydrolysis) is 1. The normalized spacial score (nSPS) is 11.0. The van der Waals surface area contributed by atoms with Crippen molar-refractivity contribution in [3.63, 3.8) is 0 Å². The van der Waals surface area contributed by atoms with Crippen molar-refractivity contribution >= 4 is 6.09 Å². The van der Waals surface area contributed by atoms with E-state index in [2.05, 4.69) is 12.2 Å². The molecule has 0 aromatic carbocycles. The molecule has 0 heterocycles. The van der Waals surface area contributed by atoms with Crippen LogP contribution < -0.4 is 5.32 Å². The highest BCUT2D eigenvalue weighted by molar-refractivity contribution is 5.68.